The molecule has 4 heteroatoms. The predicted octanol–water partition coefficient (Wildman–Crippen LogP) is 0.945. The summed E-state index contributed by atoms with van der Waals surface area (Å²) in [5.74, 6) is 5.91. The van der Waals surface area contributed by atoms with E-state index in [1.54, 1.807) is 20.1 Å². The van der Waals surface area contributed by atoms with Crippen LogP contribution in [0.4, 0.5) is 0 Å². The molecule has 0 unspecified atom stereocenters. The van der Waals surface area contributed by atoms with Gasteiger partial charge in [-0.05, 0) is 13.0 Å². The molecule has 76 valence electrons. The molecule has 2 N–H and O–H groups in total. The molecule has 0 saturated carbocycles. The molecule has 0 fully saturated rings. The molecule has 0 aliphatic carbocycles. The zero-order valence-electron chi connectivity index (χ0n) is 8.53. The summed E-state index contributed by atoms with van der Waals surface area (Å²) in [5.41, 5.74) is 5.47. The molecule has 0 radical (unpaired) electrons. The number of allylic oxidation sites excluding steroid dienone is 1. The average molecular weight is 193 g/mol. The van der Waals surface area contributed by atoms with Crippen molar-refractivity contribution >= 4 is 12.2 Å². The highest BCUT2D eigenvalue weighted by atomic mass is 16.5. The van der Waals surface area contributed by atoms with Crippen molar-refractivity contribution in [2.45, 2.75) is 13.3 Å². The number of hydrogen-bond acceptors (Lipinski definition) is 2. The molecule has 0 bridgehead atoms. The van der Waals surface area contributed by atoms with Crippen LogP contribution in [0.25, 0.3) is 0 Å². The standard InChI is InChI=1S/C10H15N3O/c1-3-4-5-7-12-10(11)13-8-6-9-14-2/h6,8-9H,5,7H2,1-2H3,(H2,11,12)/b9-6+,13-8-. The van der Waals surface area contributed by atoms with Gasteiger partial charge in [-0.2, -0.15) is 0 Å². The van der Waals surface area contributed by atoms with Crippen molar-refractivity contribution < 1.29 is 4.74 Å². The summed E-state index contributed by atoms with van der Waals surface area (Å²) in [6, 6.07) is 0. The van der Waals surface area contributed by atoms with Crippen molar-refractivity contribution in [2.75, 3.05) is 13.7 Å². The first-order valence-electron chi connectivity index (χ1n) is 4.22. The van der Waals surface area contributed by atoms with Crippen LogP contribution in [-0.4, -0.2) is 25.8 Å². The summed E-state index contributed by atoms with van der Waals surface area (Å²) in [6.45, 7) is 2.37. The molecule has 0 aromatic rings. The summed E-state index contributed by atoms with van der Waals surface area (Å²) in [4.78, 5) is 7.83. The van der Waals surface area contributed by atoms with Gasteiger partial charge in [0, 0.05) is 12.6 Å². The molecular formula is C10H15N3O. The van der Waals surface area contributed by atoms with Crippen LogP contribution >= 0.6 is 0 Å². The Kier molecular flexibility index (Phi) is 8.16. The Hall–Kier alpha value is -1.76. The third-order valence-corrected chi connectivity index (χ3v) is 1.19. The van der Waals surface area contributed by atoms with Crippen LogP contribution < -0.4 is 5.73 Å². The molecule has 0 aliphatic rings. The first-order chi connectivity index (χ1) is 6.81. The van der Waals surface area contributed by atoms with E-state index in [-0.39, 0.29) is 5.96 Å². The van der Waals surface area contributed by atoms with Crippen LogP contribution in [0.3, 0.4) is 0 Å². The fourth-order valence-electron chi connectivity index (χ4n) is 0.625. The smallest absolute Gasteiger partial charge is 0.215 e. The molecule has 0 aliphatic heterocycles. The van der Waals surface area contributed by atoms with Crippen LogP contribution in [0.1, 0.15) is 13.3 Å². The molecule has 0 heterocycles. The minimum absolute atomic E-state index is 0.253. The van der Waals surface area contributed by atoms with Gasteiger partial charge in [-0.15, -0.1) is 11.8 Å². The van der Waals surface area contributed by atoms with E-state index in [0.717, 1.165) is 0 Å². The third-order valence-electron chi connectivity index (χ3n) is 1.19. The minimum Gasteiger partial charge on any atom is -0.504 e. The quantitative estimate of drug-likeness (QED) is 0.237. The molecule has 0 rings (SSSR count). The molecule has 0 aromatic carbocycles. The first kappa shape index (κ1) is 12.2. The molecule has 0 atom stereocenters. The Bertz CT molecular complexity index is 281. The third kappa shape index (κ3) is 8.34. The van der Waals surface area contributed by atoms with Crippen LogP contribution in [0.5, 0.6) is 0 Å². The highest BCUT2D eigenvalue weighted by molar-refractivity contribution is 5.89. The number of ether oxygens (including phenoxy) is 1. The zero-order chi connectivity index (χ0) is 10.6. The summed E-state index contributed by atoms with van der Waals surface area (Å²) in [6.07, 6.45) is 5.36. The molecule has 0 saturated heterocycles. The Balaban J connectivity index is 3.80. The minimum atomic E-state index is 0.253. The van der Waals surface area contributed by atoms with Gasteiger partial charge >= 0.3 is 0 Å². The van der Waals surface area contributed by atoms with Crippen molar-refractivity contribution in [3.63, 3.8) is 0 Å². The number of rotatable bonds is 4. The lowest BCUT2D eigenvalue weighted by Gasteiger charge is -1.89. The average Bonchev–Trinajstić information content (AvgIpc) is 2.19. The summed E-state index contributed by atoms with van der Waals surface area (Å²) in [7, 11) is 1.56. The van der Waals surface area contributed by atoms with E-state index in [2.05, 4.69) is 26.6 Å². The maximum Gasteiger partial charge on any atom is 0.215 e. The molecular weight excluding hydrogens is 178 g/mol. The maximum absolute atomic E-state index is 5.47. The molecule has 0 aromatic heterocycles. The van der Waals surface area contributed by atoms with Crippen molar-refractivity contribution in [1.29, 1.82) is 0 Å². The summed E-state index contributed by atoms with van der Waals surface area (Å²) < 4.78 is 4.67. The van der Waals surface area contributed by atoms with Gasteiger partial charge in [-0.25, -0.2) is 4.99 Å². The van der Waals surface area contributed by atoms with Crippen LogP contribution in [0, 0.1) is 11.8 Å². The van der Waals surface area contributed by atoms with Crippen LogP contribution in [0.2, 0.25) is 0 Å². The summed E-state index contributed by atoms with van der Waals surface area (Å²) in [5, 5.41) is 0. The topological polar surface area (TPSA) is 60.0 Å². The fourth-order valence-corrected chi connectivity index (χ4v) is 0.625. The van der Waals surface area contributed by atoms with E-state index < -0.39 is 0 Å². The maximum atomic E-state index is 5.47. The van der Waals surface area contributed by atoms with Crippen LogP contribution in [0.15, 0.2) is 22.3 Å². The number of nitrogens with zero attached hydrogens (tertiary/aromatic N) is 2. The van der Waals surface area contributed by atoms with E-state index in [0.29, 0.717) is 13.0 Å². The van der Waals surface area contributed by atoms with E-state index in [1.807, 2.05) is 0 Å². The largest absolute Gasteiger partial charge is 0.504 e. The Morgan fingerprint density at radius 1 is 1.57 bits per heavy atom. The molecule has 4 nitrogen and oxygen atoms in total. The first-order valence-corrected chi connectivity index (χ1v) is 4.22. The van der Waals surface area contributed by atoms with Crippen molar-refractivity contribution in [2.24, 2.45) is 15.7 Å². The second-order valence-corrected chi connectivity index (χ2v) is 2.26. The van der Waals surface area contributed by atoms with Gasteiger partial charge < -0.3 is 10.5 Å². The normalized spacial score (nSPS) is 11.7. The number of nitrogens with two attached hydrogens (primary N) is 1. The number of hydrogen-bond donors (Lipinski definition) is 1. The predicted molar refractivity (Wildman–Crippen MR) is 59.2 cm³/mol. The Morgan fingerprint density at radius 2 is 2.36 bits per heavy atom. The zero-order valence-corrected chi connectivity index (χ0v) is 8.53. The second kappa shape index (κ2) is 9.33. The SMILES string of the molecule is CC#CCCN=C(N)/N=C\C=C\OC. The Morgan fingerprint density at radius 3 is 3.00 bits per heavy atom. The van der Waals surface area contributed by atoms with Gasteiger partial charge in [0.25, 0.3) is 0 Å². The molecule has 0 spiro atoms. The van der Waals surface area contributed by atoms with Crippen molar-refractivity contribution in [3.05, 3.63) is 12.3 Å². The van der Waals surface area contributed by atoms with Crippen molar-refractivity contribution in [1.82, 2.24) is 0 Å². The lowest BCUT2D eigenvalue weighted by atomic mass is 10.4. The van der Waals surface area contributed by atoms with Gasteiger partial charge in [0.05, 0.1) is 19.9 Å². The van der Waals surface area contributed by atoms with E-state index in [1.165, 1.54) is 12.5 Å². The summed E-state index contributed by atoms with van der Waals surface area (Å²) >= 11 is 0. The number of guanidine groups is 1. The van der Waals surface area contributed by atoms with E-state index in [9.17, 15) is 0 Å². The molecule has 0 amide bonds. The van der Waals surface area contributed by atoms with E-state index >= 15 is 0 Å². The number of aliphatic imine (C=N–C) groups is 2. The van der Waals surface area contributed by atoms with Gasteiger partial charge in [0.1, 0.15) is 0 Å². The lowest BCUT2D eigenvalue weighted by Crippen LogP contribution is -2.08. The van der Waals surface area contributed by atoms with Gasteiger partial charge in [-0.3, -0.25) is 4.99 Å². The highest BCUT2D eigenvalue weighted by Crippen LogP contribution is 1.80. The second-order valence-electron chi connectivity index (χ2n) is 2.26. The molecule has 14 heavy (non-hydrogen) atoms. The van der Waals surface area contributed by atoms with Gasteiger partial charge in [-0.1, -0.05) is 0 Å². The Labute approximate surface area is 84.6 Å². The lowest BCUT2D eigenvalue weighted by molar-refractivity contribution is 0.338. The van der Waals surface area contributed by atoms with Crippen LogP contribution in [-0.2, 0) is 4.74 Å². The monoisotopic (exact) mass is 193 g/mol. The highest BCUT2D eigenvalue weighted by Gasteiger charge is 1.82. The van der Waals surface area contributed by atoms with Crippen molar-refractivity contribution in [3.8, 4) is 11.8 Å². The fraction of sp³-hybridized carbons (Fsp3) is 0.400. The van der Waals surface area contributed by atoms with Gasteiger partial charge in [0.15, 0.2) is 0 Å². The number of methoxy groups -OCH3 is 1. The van der Waals surface area contributed by atoms with Gasteiger partial charge in [0.2, 0.25) is 5.96 Å². The van der Waals surface area contributed by atoms with E-state index in [4.69, 9.17) is 5.73 Å².